The molecule has 0 unspecified atom stereocenters. The number of hydrogen-bond donors (Lipinski definition) is 1. The largest absolute Gasteiger partial charge is 0.378 e. The highest BCUT2D eigenvalue weighted by Crippen LogP contribution is 2.19. The van der Waals surface area contributed by atoms with Crippen molar-refractivity contribution in [2.24, 2.45) is 0 Å². The highest BCUT2D eigenvalue weighted by Gasteiger charge is 2.13. The average Bonchev–Trinajstić information content (AvgIpc) is 3.08. The van der Waals surface area contributed by atoms with Gasteiger partial charge < -0.3 is 9.88 Å². The summed E-state index contributed by atoms with van der Waals surface area (Å²) < 4.78 is 14.9. The van der Waals surface area contributed by atoms with Gasteiger partial charge in [0.15, 0.2) is 16.8 Å². The molecule has 0 bridgehead atoms. The third-order valence-corrected chi connectivity index (χ3v) is 4.80. The Morgan fingerprint density at radius 1 is 1.12 bits per heavy atom. The Labute approximate surface area is 155 Å². The SMILES string of the molecule is CCn1c(CNc2ccc(F)cc2)nnc1SCC(=O)c1ccccc1. The van der Waals surface area contributed by atoms with Crippen LogP contribution in [0, 0.1) is 5.82 Å². The zero-order chi connectivity index (χ0) is 18.4. The highest BCUT2D eigenvalue weighted by atomic mass is 32.2. The molecule has 1 N–H and O–H groups in total. The average molecular weight is 370 g/mol. The Hall–Kier alpha value is -2.67. The van der Waals surface area contributed by atoms with Gasteiger partial charge in [-0.15, -0.1) is 10.2 Å². The third-order valence-electron chi connectivity index (χ3n) is 3.83. The number of ketones is 1. The van der Waals surface area contributed by atoms with Crippen molar-refractivity contribution in [2.75, 3.05) is 11.1 Å². The predicted octanol–water partition coefficient (Wildman–Crippen LogP) is 4.02. The van der Waals surface area contributed by atoms with E-state index in [2.05, 4.69) is 15.5 Å². The first kappa shape index (κ1) is 18.1. The smallest absolute Gasteiger partial charge is 0.191 e. The molecule has 2 aromatic carbocycles. The topological polar surface area (TPSA) is 59.8 Å². The molecule has 3 rings (SSSR count). The molecule has 0 saturated carbocycles. The molecule has 0 aliphatic carbocycles. The fourth-order valence-corrected chi connectivity index (χ4v) is 3.38. The van der Waals surface area contributed by atoms with Crippen LogP contribution in [0.5, 0.6) is 0 Å². The van der Waals surface area contributed by atoms with Crippen molar-refractivity contribution < 1.29 is 9.18 Å². The van der Waals surface area contributed by atoms with Gasteiger partial charge in [0, 0.05) is 17.8 Å². The molecule has 0 atom stereocenters. The van der Waals surface area contributed by atoms with Gasteiger partial charge >= 0.3 is 0 Å². The summed E-state index contributed by atoms with van der Waals surface area (Å²) in [7, 11) is 0. The second-order valence-corrected chi connectivity index (χ2v) is 6.52. The fraction of sp³-hybridized carbons (Fsp3) is 0.211. The van der Waals surface area contributed by atoms with Gasteiger partial charge in [0.1, 0.15) is 5.82 Å². The van der Waals surface area contributed by atoms with E-state index in [1.807, 2.05) is 41.8 Å². The molecule has 3 aromatic rings. The van der Waals surface area contributed by atoms with E-state index in [0.717, 1.165) is 11.5 Å². The second-order valence-electron chi connectivity index (χ2n) is 5.58. The summed E-state index contributed by atoms with van der Waals surface area (Å²) >= 11 is 1.38. The van der Waals surface area contributed by atoms with Crippen molar-refractivity contribution in [1.29, 1.82) is 0 Å². The van der Waals surface area contributed by atoms with Gasteiger partial charge in [-0.05, 0) is 31.2 Å². The first-order chi connectivity index (χ1) is 12.7. The molecule has 0 radical (unpaired) electrons. The minimum absolute atomic E-state index is 0.0623. The van der Waals surface area contributed by atoms with Crippen molar-refractivity contribution in [3.05, 3.63) is 71.8 Å². The van der Waals surface area contributed by atoms with Gasteiger partial charge in [0.2, 0.25) is 0 Å². The summed E-state index contributed by atoms with van der Waals surface area (Å²) in [6.45, 7) is 3.18. The maximum absolute atomic E-state index is 13.0. The van der Waals surface area contributed by atoms with Gasteiger partial charge in [0.05, 0.1) is 12.3 Å². The zero-order valence-electron chi connectivity index (χ0n) is 14.4. The van der Waals surface area contributed by atoms with E-state index in [-0.39, 0.29) is 11.6 Å². The molecule has 1 aromatic heterocycles. The molecular weight excluding hydrogens is 351 g/mol. The Bertz CT molecular complexity index is 865. The first-order valence-electron chi connectivity index (χ1n) is 8.30. The van der Waals surface area contributed by atoms with E-state index in [1.165, 1.54) is 23.9 Å². The summed E-state index contributed by atoms with van der Waals surface area (Å²) in [4.78, 5) is 12.2. The molecule has 134 valence electrons. The number of rotatable bonds is 8. The van der Waals surface area contributed by atoms with Gasteiger partial charge in [-0.1, -0.05) is 42.1 Å². The maximum Gasteiger partial charge on any atom is 0.191 e. The Kier molecular flexibility index (Phi) is 6.01. The quantitative estimate of drug-likeness (QED) is 0.479. The van der Waals surface area contributed by atoms with Gasteiger partial charge in [-0.2, -0.15) is 0 Å². The third kappa shape index (κ3) is 4.49. The van der Waals surface area contributed by atoms with Crippen LogP contribution in [0.15, 0.2) is 59.8 Å². The lowest BCUT2D eigenvalue weighted by molar-refractivity contribution is 0.102. The van der Waals surface area contributed by atoms with E-state index in [4.69, 9.17) is 0 Å². The Balaban J connectivity index is 1.62. The molecule has 0 aliphatic rings. The van der Waals surface area contributed by atoms with Crippen LogP contribution in [0.25, 0.3) is 0 Å². The van der Waals surface area contributed by atoms with Crippen LogP contribution in [-0.2, 0) is 13.1 Å². The molecule has 0 amide bonds. The number of hydrogen-bond acceptors (Lipinski definition) is 5. The lowest BCUT2D eigenvalue weighted by Crippen LogP contribution is -2.09. The predicted molar refractivity (Wildman–Crippen MR) is 101 cm³/mol. The number of aromatic nitrogens is 3. The van der Waals surface area contributed by atoms with E-state index in [9.17, 15) is 9.18 Å². The standard InChI is InChI=1S/C19H19FN4OS/c1-2-24-18(12-21-16-10-8-15(20)9-11-16)22-23-19(24)26-13-17(25)14-6-4-3-5-7-14/h3-11,21H,2,12-13H2,1H3. The highest BCUT2D eigenvalue weighted by molar-refractivity contribution is 7.99. The van der Waals surface area contributed by atoms with E-state index in [0.29, 0.717) is 29.6 Å². The molecule has 1 heterocycles. The number of benzene rings is 2. The molecule has 0 fully saturated rings. The normalized spacial score (nSPS) is 10.7. The van der Waals surface area contributed by atoms with Crippen LogP contribution in [0.2, 0.25) is 0 Å². The van der Waals surface area contributed by atoms with Crippen LogP contribution < -0.4 is 5.32 Å². The Morgan fingerprint density at radius 2 is 1.85 bits per heavy atom. The summed E-state index contributed by atoms with van der Waals surface area (Å²) in [6, 6.07) is 15.4. The number of halogens is 1. The maximum atomic E-state index is 13.0. The van der Waals surface area contributed by atoms with Crippen LogP contribution in [0.4, 0.5) is 10.1 Å². The van der Waals surface area contributed by atoms with E-state index < -0.39 is 0 Å². The fourth-order valence-electron chi connectivity index (χ4n) is 2.46. The minimum Gasteiger partial charge on any atom is -0.378 e. The van der Waals surface area contributed by atoms with Crippen molar-refractivity contribution in [3.8, 4) is 0 Å². The van der Waals surface area contributed by atoms with Gasteiger partial charge in [-0.3, -0.25) is 4.79 Å². The lowest BCUT2D eigenvalue weighted by atomic mass is 10.2. The number of anilines is 1. The van der Waals surface area contributed by atoms with E-state index in [1.54, 1.807) is 12.1 Å². The number of carbonyl (C=O) groups excluding carboxylic acids is 1. The van der Waals surface area contributed by atoms with Crippen molar-refractivity contribution in [3.63, 3.8) is 0 Å². The van der Waals surface area contributed by atoms with Crippen LogP contribution in [-0.4, -0.2) is 26.3 Å². The number of thioether (sulfide) groups is 1. The first-order valence-corrected chi connectivity index (χ1v) is 9.28. The molecule has 0 aliphatic heterocycles. The number of nitrogens with zero attached hydrogens (tertiary/aromatic N) is 3. The summed E-state index contributed by atoms with van der Waals surface area (Å²) in [6.07, 6.45) is 0. The second kappa shape index (κ2) is 8.62. The summed E-state index contributed by atoms with van der Waals surface area (Å²) in [5.41, 5.74) is 1.51. The molecule has 5 nitrogen and oxygen atoms in total. The Morgan fingerprint density at radius 3 is 2.54 bits per heavy atom. The molecule has 0 spiro atoms. The van der Waals surface area contributed by atoms with Crippen molar-refractivity contribution in [2.45, 2.75) is 25.2 Å². The summed E-state index contributed by atoms with van der Waals surface area (Å²) in [5.74, 6) is 0.876. The van der Waals surface area contributed by atoms with Crippen LogP contribution in [0.3, 0.4) is 0 Å². The summed E-state index contributed by atoms with van der Waals surface area (Å²) in [5, 5.41) is 12.3. The molecule has 7 heteroatoms. The number of carbonyl (C=O) groups is 1. The number of nitrogens with one attached hydrogen (secondary N) is 1. The van der Waals surface area contributed by atoms with Gasteiger partial charge in [0.25, 0.3) is 0 Å². The minimum atomic E-state index is -0.269. The molecule has 26 heavy (non-hydrogen) atoms. The number of Topliss-reactive ketones (excluding diaryl/α,β-unsaturated/α-hetero) is 1. The van der Waals surface area contributed by atoms with E-state index >= 15 is 0 Å². The lowest BCUT2D eigenvalue weighted by Gasteiger charge is -2.09. The zero-order valence-corrected chi connectivity index (χ0v) is 15.2. The van der Waals surface area contributed by atoms with Crippen molar-refractivity contribution >= 4 is 23.2 Å². The van der Waals surface area contributed by atoms with Crippen LogP contribution in [0.1, 0.15) is 23.1 Å². The van der Waals surface area contributed by atoms with Crippen LogP contribution >= 0.6 is 11.8 Å². The molecule has 0 saturated heterocycles. The van der Waals surface area contributed by atoms with Crippen molar-refractivity contribution in [1.82, 2.24) is 14.8 Å². The monoisotopic (exact) mass is 370 g/mol. The molecular formula is C19H19FN4OS. The van der Waals surface area contributed by atoms with Gasteiger partial charge in [-0.25, -0.2) is 4.39 Å².